The first kappa shape index (κ1) is 22.2. The number of aromatic nitrogens is 1. The van der Waals surface area contributed by atoms with Gasteiger partial charge in [-0.15, -0.1) is 11.3 Å². The molecule has 1 amide bonds. The summed E-state index contributed by atoms with van der Waals surface area (Å²) in [5.41, 5.74) is 1.54. The summed E-state index contributed by atoms with van der Waals surface area (Å²) in [5.74, 6) is -2.09. The molecule has 2 N–H and O–H groups in total. The lowest BCUT2D eigenvalue weighted by atomic mass is 10.1. The van der Waals surface area contributed by atoms with Gasteiger partial charge in [0.05, 0.1) is 5.69 Å². The van der Waals surface area contributed by atoms with Crippen LogP contribution in [0.3, 0.4) is 0 Å². The van der Waals surface area contributed by atoms with E-state index in [-0.39, 0.29) is 0 Å². The highest BCUT2D eigenvalue weighted by molar-refractivity contribution is 7.11. The molecular formula is C21H26N2O6S. The molecular weight excluding hydrogens is 408 g/mol. The molecule has 1 aromatic carbocycles. The van der Waals surface area contributed by atoms with Crippen molar-refractivity contribution in [2.75, 3.05) is 5.32 Å². The number of ether oxygens (including phenoxy) is 3. The first-order valence-electron chi connectivity index (χ1n) is 9.64. The van der Waals surface area contributed by atoms with Crippen LogP contribution in [-0.2, 0) is 25.7 Å². The third-order valence-electron chi connectivity index (χ3n) is 4.49. The fourth-order valence-corrected chi connectivity index (χ4v) is 4.22. The minimum atomic E-state index is -1.37. The van der Waals surface area contributed by atoms with Crippen molar-refractivity contribution in [1.82, 2.24) is 4.98 Å². The zero-order valence-corrected chi connectivity index (χ0v) is 18.4. The summed E-state index contributed by atoms with van der Waals surface area (Å²) in [7, 11) is 0. The molecule has 0 saturated carbocycles. The third-order valence-corrected chi connectivity index (χ3v) is 5.45. The Labute approximate surface area is 179 Å². The molecule has 162 valence electrons. The first-order chi connectivity index (χ1) is 14.1. The number of nitrogens with one attached hydrogen (secondary N) is 1. The van der Waals surface area contributed by atoms with E-state index in [2.05, 4.69) is 24.1 Å². The molecule has 30 heavy (non-hydrogen) atoms. The van der Waals surface area contributed by atoms with Crippen LogP contribution < -0.4 is 10.1 Å². The minimum Gasteiger partial charge on any atom is -0.486 e. The molecule has 1 aromatic heterocycles. The Kier molecular flexibility index (Phi) is 6.44. The van der Waals surface area contributed by atoms with Gasteiger partial charge in [0.15, 0.2) is 18.0 Å². The van der Waals surface area contributed by atoms with Crippen LogP contribution in [0.25, 0.3) is 0 Å². The molecule has 2 aromatic rings. The summed E-state index contributed by atoms with van der Waals surface area (Å²) in [6, 6.07) is 6.87. The molecule has 0 unspecified atom stereocenters. The van der Waals surface area contributed by atoms with Crippen LogP contribution in [0.1, 0.15) is 49.2 Å². The summed E-state index contributed by atoms with van der Waals surface area (Å²) in [6.45, 7) is 9.71. The number of hydrogen-bond donors (Lipinski definition) is 2. The van der Waals surface area contributed by atoms with Gasteiger partial charge in [-0.1, -0.05) is 19.9 Å². The molecule has 0 radical (unpaired) electrons. The molecule has 2 heterocycles. The maximum Gasteiger partial charge on any atom is 0.336 e. The lowest BCUT2D eigenvalue weighted by Crippen LogP contribution is -2.40. The van der Waals surface area contributed by atoms with Gasteiger partial charge in [0.25, 0.3) is 5.91 Å². The Bertz CT molecular complexity index is 939. The Balaban J connectivity index is 1.64. The van der Waals surface area contributed by atoms with Crippen LogP contribution in [0.5, 0.6) is 5.75 Å². The molecule has 1 aliphatic heterocycles. The second kappa shape index (κ2) is 8.71. The number of carbonyl (C=O) groups is 2. The fourth-order valence-electron chi connectivity index (χ4n) is 3.22. The van der Waals surface area contributed by atoms with E-state index in [1.807, 2.05) is 6.92 Å². The number of carbonyl (C=O) groups excluding carboxylic acids is 1. The van der Waals surface area contributed by atoms with Gasteiger partial charge in [0.2, 0.25) is 0 Å². The van der Waals surface area contributed by atoms with Crippen molar-refractivity contribution < 1.29 is 28.9 Å². The van der Waals surface area contributed by atoms with Gasteiger partial charge in [-0.2, -0.15) is 0 Å². The molecule has 0 spiro atoms. The zero-order chi connectivity index (χ0) is 22.1. The van der Waals surface area contributed by atoms with Crippen LogP contribution >= 0.6 is 11.3 Å². The average Bonchev–Trinajstić information content (AvgIpc) is 3.20. The molecule has 0 bridgehead atoms. The van der Waals surface area contributed by atoms with Crippen molar-refractivity contribution in [3.8, 4) is 5.75 Å². The summed E-state index contributed by atoms with van der Waals surface area (Å²) >= 11 is 1.60. The average molecular weight is 435 g/mol. The van der Waals surface area contributed by atoms with Gasteiger partial charge in [0, 0.05) is 16.6 Å². The summed E-state index contributed by atoms with van der Waals surface area (Å²) in [5, 5.41) is 12.9. The Morgan fingerprint density at radius 1 is 1.30 bits per heavy atom. The van der Waals surface area contributed by atoms with Gasteiger partial charge in [0.1, 0.15) is 17.4 Å². The number of nitrogens with zero attached hydrogens (tertiary/aromatic N) is 1. The predicted molar refractivity (Wildman–Crippen MR) is 112 cm³/mol. The monoisotopic (exact) mass is 434 g/mol. The number of thiazole rings is 1. The molecule has 9 heteroatoms. The van der Waals surface area contributed by atoms with Crippen LogP contribution in [0.2, 0.25) is 0 Å². The number of amides is 1. The summed E-state index contributed by atoms with van der Waals surface area (Å²) in [6.07, 6.45) is -2.63. The van der Waals surface area contributed by atoms with Crippen LogP contribution in [0, 0.1) is 6.92 Å². The highest BCUT2D eigenvalue weighted by atomic mass is 32.1. The number of rotatable bonds is 7. The van der Waals surface area contributed by atoms with Crippen molar-refractivity contribution in [1.29, 1.82) is 0 Å². The summed E-state index contributed by atoms with van der Waals surface area (Å²) in [4.78, 5) is 29.8. The van der Waals surface area contributed by atoms with Crippen molar-refractivity contribution in [3.05, 3.63) is 39.8 Å². The van der Waals surface area contributed by atoms with Gasteiger partial charge in [-0.3, -0.25) is 4.79 Å². The molecule has 2 atom stereocenters. The van der Waals surface area contributed by atoms with E-state index < -0.39 is 29.9 Å². The normalized spacial score (nSPS) is 20.3. The van der Waals surface area contributed by atoms with Gasteiger partial charge in [-0.05, 0) is 38.8 Å². The molecule has 8 nitrogen and oxygen atoms in total. The van der Waals surface area contributed by atoms with Crippen molar-refractivity contribution in [3.63, 3.8) is 0 Å². The summed E-state index contributed by atoms with van der Waals surface area (Å²) < 4.78 is 16.6. The number of carboxylic acid groups (broad SMARTS) is 1. The largest absolute Gasteiger partial charge is 0.486 e. The van der Waals surface area contributed by atoms with Gasteiger partial charge in [-0.25, -0.2) is 9.78 Å². The maximum absolute atomic E-state index is 12.6. The standard InChI is InChI=1S/C21H26N2O6S/c1-11(2)16-12(3)30-15(23-16)10-27-14-8-6-7-13(9-14)22-19(24)17-18(20(25)26)29-21(4,5)28-17/h6-9,11,17-18H,10H2,1-5H3,(H,22,24)(H,25,26)/t17-,18-/m1/s1. The number of benzene rings is 1. The maximum atomic E-state index is 12.6. The smallest absolute Gasteiger partial charge is 0.336 e. The Morgan fingerprint density at radius 3 is 2.63 bits per heavy atom. The van der Waals surface area contributed by atoms with Crippen molar-refractivity contribution in [2.24, 2.45) is 0 Å². The molecule has 1 aliphatic rings. The first-order valence-corrected chi connectivity index (χ1v) is 10.5. The van der Waals surface area contributed by atoms with Crippen molar-refractivity contribution in [2.45, 2.75) is 65.1 Å². The van der Waals surface area contributed by atoms with Gasteiger partial charge < -0.3 is 24.6 Å². The lowest BCUT2D eigenvalue weighted by molar-refractivity contribution is -0.166. The molecule has 1 saturated heterocycles. The van der Waals surface area contributed by atoms with Crippen LogP contribution in [-0.4, -0.2) is 40.0 Å². The third kappa shape index (κ3) is 5.16. The van der Waals surface area contributed by atoms with Crippen LogP contribution in [0.15, 0.2) is 24.3 Å². The van der Waals surface area contributed by atoms with E-state index in [9.17, 15) is 14.7 Å². The quantitative estimate of drug-likeness (QED) is 0.684. The SMILES string of the molecule is Cc1sc(COc2cccc(NC(=O)[C@@H]3OC(C)(C)O[C@H]3C(=O)O)c2)nc1C(C)C. The highest BCUT2D eigenvalue weighted by Crippen LogP contribution is 2.30. The number of aryl methyl sites for hydroxylation is 1. The number of hydrogen-bond acceptors (Lipinski definition) is 7. The van der Waals surface area contributed by atoms with E-state index in [0.717, 1.165) is 10.7 Å². The van der Waals surface area contributed by atoms with Crippen molar-refractivity contribution >= 4 is 28.9 Å². The predicted octanol–water partition coefficient (Wildman–Crippen LogP) is 3.70. The van der Waals surface area contributed by atoms with E-state index in [1.54, 1.807) is 49.4 Å². The van der Waals surface area contributed by atoms with E-state index in [4.69, 9.17) is 14.2 Å². The molecule has 0 aliphatic carbocycles. The topological polar surface area (TPSA) is 107 Å². The second-order valence-electron chi connectivity index (χ2n) is 7.82. The highest BCUT2D eigenvalue weighted by Gasteiger charge is 2.49. The van der Waals surface area contributed by atoms with E-state index in [0.29, 0.717) is 24.0 Å². The van der Waals surface area contributed by atoms with E-state index >= 15 is 0 Å². The van der Waals surface area contributed by atoms with E-state index in [1.165, 1.54) is 4.88 Å². The lowest BCUT2D eigenvalue weighted by Gasteiger charge is -2.16. The second-order valence-corrected chi connectivity index (χ2v) is 9.11. The zero-order valence-electron chi connectivity index (χ0n) is 17.6. The Hall–Kier alpha value is -2.49. The molecule has 3 rings (SSSR count). The number of carboxylic acids is 1. The molecule has 1 fully saturated rings. The Morgan fingerprint density at radius 2 is 2.00 bits per heavy atom. The minimum absolute atomic E-state index is 0.324. The number of aliphatic carboxylic acids is 1. The van der Waals surface area contributed by atoms with Crippen LogP contribution in [0.4, 0.5) is 5.69 Å². The van der Waals surface area contributed by atoms with Gasteiger partial charge >= 0.3 is 5.97 Å². The number of anilines is 1. The fraction of sp³-hybridized carbons (Fsp3) is 0.476.